The van der Waals surface area contributed by atoms with Gasteiger partial charge in [0, 0.05) is 19.2 Å². The van der Waals surface area contributed by atoms with Crippen molar-refractivity contribution in [2.45, 2.75) is 25.7 Å². The second kappa shape index (κ2) is 3.19. The number of hydrogen-bond acceptors (Lipinski definition) is 2. The predicted molar refractivity (Wildman–Crippen MR) is 56.2 cm³/mol. The molecule has 3 rings (SSSR count). The maximum Gasteiger partial charge on any atom is 0.141 e. The van der Waals surface area contributed by atoms with E-state index in [9.17, 15) is 4.79 Å². The minimum absolute atomic E-state index is 0.343. The second-order valence-corrected chi connectivity index (χ2v) is 5.05. The topological polar surface area (TPSA) is 34.9 Å². The van der Waals surface area contributed by atoms with E-state index in [0.717, 1.165) is 30.4 Å². The molecule has 15 heavy (non-hydrogen) atoms. The van der Waals surface area contributed by atoms with Gasteiger partial charge in [-0.15, -0.1) is 0 Å². The Balaban J connectivity index is 1.61. The van der Waals surface area contributed by atoms with Crippen LogP contribution in [0.2, 0.25) is 0 Å². The summed E-state index contributed by atoms with van der Waals surface area (Å²) in [5.74, 6) is 2.53. The predicted octanol–water partition coefficient (Wildman–Crippen LogP) is 1.58. The van der Waals surface area contributed by atoms with Crippen LogP contribution >= 0.6 is 0 Å². The highest BCUT2D eigenvalue weighted by Crippen LogP contribution is 2.54. The number of ketones is 1. The van der Waals surface area contributed by atoms with Gasteiger partial charge < -0.3 is 0 Å². The quantitative estimate of drug-likeness (QED) is 0.749. The summed E-state index contributed by atoms with van der Waals surface area (Å²) in [5.41, 5.74) is 0.920. The van der Waals surface area contributed by atoms with Gasteiger partial charge in [-0.2, -0.15) is 5.10 Å². The van der Waals surface area contributed by atoms with E-state index in [1.165, 1.54) is 6.42 Å². The van der Waals surface area contributed by atoms with E-state index in [2.05, 4.69) is 5.10 Å². The Morgan fingerprint density at radius 2 is 2.20 bits per heavy atom. The molecule has 2 fully saturated rings. The first-order valence-corrected chi connectivity index (χ1v) is 5.73. The summed E-state index contributed by atoms with van der Waals surface area (Å²) in [5, 5.41) is 4.25. The van der Waals surface area contributed by atoms with Crippen LogP contribution in [0.5, 0.6) is 0 Å². The number of carbonyl (C=O) groups excluding carboxylic acids is 1. The number of nitrogens with zero attached hydrogens (tertiary/aromatic N) is 2. The molecule has 0 aromatic carbocycles. The van der Waals surface area contributed by atoms with Gasteiger partial charge in [0.25, 0.3) is 0 Å². The number of Topliss-reactive ketones (excluding diaryl/α,β-unsaturated/α-hetero) is 1. The Hall–Kier alpha value is -1.12. The van der Waals surface area contributed by atoms with E-state index >= 15 is 0 Å². The molecular formula is C12H16N2O. The molecule has 2 aliphatic rings. The van der Waals surface area contributed by atoms with E-state index in [1.54, 1.807) is 4.68 Å². The molecule has 2 saturated carbocycles. The average Bonchev–Trinajstić information content (AvgIpc) is 2.61. The summed E-state index contributed by atoms with van der Waals surface area (Å²) in [7, 11) is 1.89. The van der Waals surface area contributed by atoms with Gasteiger partial charge in [-0.05, 0) is 37.2 Å². The monoisotopic (exact) mass is 204 g/mol. The van der Waals surface area contributed by atoms with Gasteiger partial charge in [0.05, 0.1) is 12.1 Å². The van der Waals surface area contributed by atoms with Gasteiger partial charge in [0.15, 0.2) is 0 Å². The van der Waals surface area contributed by atoms with Crippen LogP contribution < -0.4 is 0 Å². The molecular weight excluding hydrogens is 188 g/mol. The van der Waals surface area contributed by atoms with Crippen molar-refractivity contribution in [2.75, 3.05) is 0 Å². The van der Waals surface area contributed by atoms with E-state index in [-0.39, 0.29) is 0 Å². The second-order valence-electron chi connectivity index (χ2n) is 5.05. The smallest absolute Gasteiger partial charge is 0.141 e. The standard InChI is InChI=1S/C12H16N2O/c1-14-3-2-11(13-14)7-12(15)10-5-8-4-9(8)6-10/h2-3,8-10H,4-7H2,1H3. The van der Waals surface area contributed by atoms with Gasteiger partial charge in [-0.3, -0.25) is 9.48 Å². The molecule has 0 spiro atoms. The van der Waals surface area contributed by atoms with Crippen molar-refractivity contribution in [1.82, 2.24) is 9.78 Å². The summed E-state index contributed by atoms with van der Waals surface area (Å²) in [6.45, 7) is 0. The molecule has 0 bridgehead atoms. The van der Waals surface area contributed by atoms with Crippen molar-refractivity contribution < 1.29 is 4.79 Å². The lowest BCUT2D eigenvalue weighted by Gasteiger charge is -2.08. The highest BCUT2D eigenvalue weighted by atomic mass is 16.1. The zero-order valence-electron chi connectivity index (χ0n) is 9.02. The molecule has 2 aliphatic carbocycles. The maximum atomic E-state index is 11.9. The zero-order valence-corrected chi connectivity index (χ0v) is 9.02. The summed E-state index contributed by atoms with van der Waals surface area (Å²) in [6.07, 6.45) is 6.11. The minimum Gasteiger partial charge on any atom is -0.299 e. The van der Waals surface area contributed by atoms with Crippen LogP contribution in [0.3, 0.4) is 0 Å². The number of carbonyl (C=O) groups is 1. The van der Waals surface area contributed by atoms with Crippen molar-refractivity contribution >= 4 is 5.78 Å². The summed E-state index contributed by atoms with van der Waals surface area (Å²) in [6, 6.07) is 1.94. The van der Waals surface area contributed by atoms with Crippen LogP contribution in [0.15, 0.2) is 12.3 Å². The van der Waals surface area contributed by atoms with Crippen molar-refractivity contribution in [1.29, 1.82) is 0 Å². The molecule has 0 radical (unpaired) electrons. The molecule has 1 aromatic heterocycles. The van der Waals surface area contributed by atoms with Crippen LogP contribution in [-0.2, 0) is 18.3 Å². The molecule has 80 valence electrons. The summed E-state index contributed by atoms with van der Waals surface area (Å²) in [4.78, 5) is 11.9. The van der Waals surface area contributed by atoms with E-state index in [1.807, 2.05) is 19.3 Å². The van der Waals surface area contributed by atoms with Gasteiger partial charge in [-0.25, -0.2) is 0 Å². The van der Waals surface area contributed by atoms with E-state index < -0.39 is 0 Å². The van der Waals surface area contributed by atoms with Gasteiger partial charge in [0.2, 0.25) is 0 Å². The molecule has 1 aromatic rings. The number of rotatable bonds is 3. The van der Waals surface area contributed by atoms with Crippen molar-refractivity contribution in [2.24, 2.45) is 24.8 Å². The van der Waals surface area contributed by atoms with Crippen LogP contribution in [0.1, 0.15) is 25.0 Å². The zero-order chi connectivity index (χ0) is 10.4. The van der Waals surface area contributed by atoms with E-state index in [0.29, 0.717) is 18.1 Å². The third-order valence-corrected chi connectivity index (χ3v) is 3.82. The van der Waals surface area contributed by atoms with Crippen LogP contribution in [-0.4, -0.2) is 15.6 Å². The highest BCUT2D eigenvalue weighted by Gasteiger charge is 2.47. The summed E-state index contributed by atoms with van der Waals surface area (Å²) >= 11 is 0. The Morgan fingerprint density at radius 3 is 2.80 bits per heavy atom. The molecule has 0 N–H and O–H groups in total. The van der Waals surface area contributed by atoms with Crippen molar-refractivity contribution in [3.05, 3.63) is 18.0 Å². The highest BCUT2D eigenvalue weighted by molar-refractivity contribution is 5.83. The van der Waals surface area contributed by atoms with Crippen LogP contribution in [0.25, 0.3) is 0 Å². The number of fused-ring (bicyclic) bond motifs is 1. The normalized spacial score (nSPS) is 32.7. The number of hydrogen-bond donors (Lipinski definition) is 0. The molecule has 3 nitrogen and oxygen atoms in total. The van der Waals surface area contributed by atoms with Crippen LogP contribution in [0.4, 0.5) is 0 Å². The molecule has 2 unspecified atom stereocenters. The van der Waals surface area contributed by atoms with Crippen molar-refractivity contribution in [3.63, 3.8) is 0 Å². The van der Waals surface area contributed by atoms with Crippen LogP contribution in [0, 0.1) is 17.8 Å². The lowest BCUT2D eigenvalue weighted by Crippen LogP contribution is -2.15. The first-order chi connectivity index (χ1) is 7.22. The average molecular weight is 204 g/mol. The Kier molecular flexibility index (Phi) is 1.94. The summed E-state index contributed by atoms with van der Waals surface area (Å²) < 4.78 is 1.76. The molecule has 1 heterocycles. The fourth-order valence-corrected chi connectivity index (χ4v) is 2.86. The molecule has 0 saturated heterocycles. The molecule has 2 atom stereocenters. The molecule has 0 aliphatic heterocycles. The largest absolute Gasteiger partial charge is 0.299 e. The molecule has 0 amide bonds. The first-order valence-electron chi connectivity index (χ1n) is 5.73. The van der Waals surface area contributed by atoms with Gasteiger partial charge >= 0.3 is 0 Å². The first kappa shape index (κ1) is 9.13. The molecule has 3 heteroatoms. The Bertz CT molecular complexity index is 386. The Labute approximate surface area is 89.5 Å². The fraction of sp³-hybridized carbons (Fsp3) is 0.667. The lowest BCUT2D eigenvalue weighted by molar-refractivity contribution is -0.122. The Morgan fingerprint density at radius 1 is 1.47 bits per heavy atom. The van der Waals surface area contributed by atoms with E-state index in [4.69, 9.17) is 0 Å². The number of aromatic nitrogens is 2. The van der Waals surface area contributed by atoms with Gasteiger partial charge in [0.1, 0.15) is 5.78 Å². The third kappa shape index (κ3) is 1.71. The fourth-order valence-electron chi connectivity index (χ4n) is 2.86. The third-order valence-electron chi connectivity index (χ3n) is 3.82. The minimum atomic E-state index is 0.343. The maximum absolute atomic E-state index is 11.9. The SMILES string of the molecule is Cn1ccc(CC(=O)C2CC3CC3C2)n1. The van der Waals surface area contributed by atoms with Gasteiger partial charge in [-0.1, -0.05) is 0 Å². The lowest BCUT2D eigenvalue weighted by atomic mass is 9.95. The number of aryl methyl sites for hydroxylation is 1. The van der Waals surface area contributed by atoms with Crippen molar-refractivity contribution in [3.8, 4) is 0 Å².